The summed E-state index contributed by atoms with van der Waals surface area (Å²) >= 11 is 8.08. The first-order valence-corrected chi connectivity index (χ1v) is 12.4. The molecule has 1 aromatic heterocycles. The molecule has 0 saturated carbocycles. The number of hydrogen-bond acceptors (Lipinski definition) is 5. The highest BCUT2D eigenvalue weighted by Gasteiger charge is 2.23. The van der Waals surface area contributed by atoms with Crippen molar-refractivity contribution < 1.29 is 9.59 Å². The molecule has 1 heterocycles. The van der Waals surface area contributed by atoms with Gasteiger partial charge in [-0.3, -0.25) is 14.9 Å². The smallest absolute Gasteiger partial charge is 0.251 e. The van der Waals surface area contributed by atoms with E-state index >= 15 is 0 Å². The van der Waals surface area contributed by atoms with Crippen LogP contribution >= 0.6 is 43.2 Å². The monoisotopic (exact) mass is 584 g/mol. The van der Waals surface area contributed by atoms with Crippen molar-refractivity contribution >= 4 is 60.1 Å². The second-order valence-corrected chi connectivity index (χ2v) is 9.94. The first-order chi connectivity index (χ1) is 16.0. The number of hydrogen-bond donors (Lipinski definition) is 2. The second kappa shape index (κ2) is 10.8. The minimum Gasteiger partial charge on any atom is -0.340 e. The summed E-state index contributed by atoms with van der Waals surface area (Å²) in [4.78, 5) is 25.9. The lowest BCUT2D eigenvalue weighted by atomic mass is 10.0. The molecule has 1 unspecified atom stereocenters. The molecule has 0 aliphatic carbocycles. The Morgan fingerprint density at radius 3 is 2.36 bits per heavy atom. The van der Waals surface area contributed by atoms with Crippen LogP contribution in [0.3, 0.4) is 0 Å². The molecule has 0 aliphatic heterocycles. The number of amides is 2. The van der Waals surface area contributed by atoms with Crippen LogP contribution in [0.4, 0.5) is 5.13 Å². The van der Waals surface area contributed by atoms with Crippen molar-refractivity contribution in [2.24, 2.45) is 0 Å². The minimum absolute atomic E-state index is 0.328. The number of nitrogens with one attached hydrogen (secondary N) is 2. The summed E-state index contributed by atoms with van der Waals surface area (Å²) in [6.45, 7) is 0. The summed E-state index contributed by atoms with van der Waals surface area (Å²) in [5.41, 5.74) is 2.30. The van der Waals surface area contributed by atoms with Gasteiger partial charge in [-0.25, -0.2) is 0 Å². The Morgan fingerprint density at radius 1 is 0.879 bits per heavy atom. The van der Waals surface area contributed by atoms with Crippen molar-refractivity contribution in [3.05, 3.63) is 98.9 Å². The molecule has 0 saturated heterocycles. The average Bonchev–Trinajstić information content (AvgIpc) is 3.28. The molecule has 0 radical (unpaired) electrons. The molecule has 0 aliphatic rings. The van der Waals surface area contributed by atoms with E-state index in [2.05, 4.69) is 52.7 Å². The maximum Gasteiger partial charge on any atom is 0.251 e. The van der Waals surface area contributed by atoms with Crippen LogP contribution in [0.1, 0.15) is 15.9 Å². The summed E-state index contributed by atoms with van der Waals surface area (Å²) in [6.07, 6.45) is 0.340. The van der Waals surface area contributed by atoms with E-state index < -0.39 is 6.04 Å². The molecule has 33 heavy (non-hydrogen) atoms. The van der Waals surface area contributed by atoms with E-state index in [4.69, 9.17) is 0 Å². The highest BCUT2D eigenvalue weighted by atomic mass is 79.9. The van der Waals surface area contributed by atoms with E-state index in [-0.39, 0.29) is 11.8 Å². The van der Waals surface area contributed by atoms with Gasteiger partial charge in [-0.2, -0.15) is 0 Å². The Bertz CT molecular complexity index is 1260. The van der Waals surface area contributed by atoms with Crippen LogP contribution in [0.15, 0.2) is 87.8 Å². The van der Waals surface area contributed by atoms with E-state index in [1.54, 1.807) is 24.3 Å². The molecule has 6 nitrogen and oxygen atoms in total. The van der Waals surface area contributed by atoms with Gasteiger partial charge in [-0.1, -0.05) is 85.7 Å². The molecule has 0 spiro atoms. The fraction of sp³-hybridized carbons (Fsp3) is 0.0833. The fourth-order valence-corrected chi connectivity index (χ4v) is 4.51. The van der Waals surface area contributed by atoms with Crippen LogP contribution in [-0.2, 0) is 11.2 Å². The van der Waals surface area contributed by atoms with Crippen molar-refractivity contribution in [3.8, 4) is 10.6 Å². The van der Waals surface area contributed by atoms with Crippen molar-refractivity contribution in [1.82, 2.24) is 15.5 Å². The van der Waals surface area contributed by atoms with Gasteiger partial charge < -0.3 is 5.32 Å². The summed E-state index contributed by atoms with van der Waals surface area (Å²) in [6, 6.07) is 23.4. The predicted octanol–water partition coefficient (Wildman–Crippen LogP) is 5.71. The molecule has 0 bridgehead atoms. The number of halogens is 2. The Balaban J connectivity index is 1.51. The number of anilines is 1. The lowest BCUT2D eigenvalue weighted by molar-refractivity contribution is -0.118. The molecule has 1 atom stereocenters. The third-order valence-corrected chi connectivity index (χ3v) is 6.65. The van der Waals surface area contributed by atoms with Gasteiger partial charge in [0.05, 0.1) is 0 Å². The van der Waals surface area contributed by atoms with Crippen molar-refractivity contribution in [2.45, 2.75) is 12.5 Å². The van der Waals surface area contributed by atoms with Crippen molar-refractivity contribution in [1.29, 1.82) is 0 Å². The van der Waals surface area contributed by atoms with Gasteiger partial charge >= 0.3 is 0 Å². The zero-order valence-electron chi connectivity index (χ0n) is 17.2. The van der Waals surface area contributed by atoms with E-state index in [9.17, 15) is 9.59 Å². The van der Waals surface area contributed by atoms with Gasteiger partial charge in [0, 0.05) is 26.5 Å². The number of nitrogens with zero attached hydrogens (tertiary/aromatic N) is 2. The van der Waals surface area contributed by atoms with Gasteiger partial charge in [-0.15, -0.1) is 10.2 Å². The van der Waals surface area contributed by atoms with Crippen LogP contribution in [0.2, 0.25) is 0 Å². The van der Waals surface area contributed by atoms with Gasteiger partial charge in [0.25, 0.3) is 5.91 Å². The molecule has 0 fully saturated rings. The topological polar surface area (TPSA) is 84.0 Å². The van der Waals surface area contributed by atoms with Gasteiger partial charge in [0.15, 0.2) is 0 Å². The minimum atomic E-state index is -0.790. The number of rotatable bonds is 7. The van der Waals surface area contributed by atoms with Crippen molar-refractivity contribution in [2.75, 3.05) is 5.32 Å². The molecule has 4 rings (SSSR count). The maximum atomic E-state index is 13.1. The normalized spacial score (nSPS) is 11.6. The SMILES string of the molecule is O=C(NC(Cc1ccccc1)C(=O)Nc1nnc(-c2cccc(Br)c2)s1)c1ccc(Br)cc1. The number of carbonyl (C=O) groups is 2. The Morgan fingerprint density at radius 2 is 1.64 bits per heavy atom. The first kappa shape index (κ1) is 23.3. The molecular formula is C24H18Br2N4O2S. The van der Waals surface area contributed by atoms with Crippen LogP contribution in [0.5, 0.6) is 0 Å². The molecular weight excluding hydrogens is 568 g/mol. The summed E-state index contributed by atoms with van der Waals surface area (Å²) in [7, 11) is 0. The third kappa shape index (κ3) is 6.34. The third-order valence-electron chi connectivity index (χ3n) is 4.74. The number of carbonyl (C=O) groups excluding carboxylic acids is 2. The van der Waals surface area contributed by atoms with Gasteiger partial charge in [0.2, 0.25) is 11.0 Å². The van der Waals surface area contributed by atoms with Crippen molar-refractivity contribution in [3.63, 3.8) is 0 Å². The lowest BCUT2D eigenvalue weighted by Gasteiger charge is -2.18. The molecule has 9 heteroatoms. The quantitative estimate of drug-likeness (QED) is 0.291. The Hall–Kier alpha value is -2.88. The van der Waals surface area contributed by atoms with E-state index in [1.165, 1.54) is 11.3 Å². The van der Waals surface area contributed by atoms with E-state index in [0.29, 0.717) is 22.1 Å². The Labute approximate surface area is 211 Å². The number of aromatic nitrogens is 2. The molecule has 2 amide bonds. The predicted molar refractivity (Wildman–Crippen MR) is 137 cm³/mol. The molecule has 3 aromatic carbocycles. The average molecular weight is 586 g/mol. The van der Waals surface area contributed by atoms with Crippen LogP contribution < -0.4 is 10.6 Å². The summed E-state index contributed by atoms with van der Waals surface area (Å²) < 4.78 is 1.80. The lowest BCUT2D eigenvalue weighted by Crippen LogP contribution is -2.45. The molecule has 166 valence electrons. The van der Waals surface area contributed by atoms with Gasteiger partial charge in [-0.05, 0) is 42.0 Å². The second-order valence-electron chi connectivity index (χ2n) is 7.13. The summed E-state index contributed by atoms with van der Waals surface area (Å²) in [5.74, 6) is -0.688. The van der Waals surface area contributed by atoms with Crippen LogP contribution in [0, 0.1) is 0 Å². The van der Waals surface area contributed by atoms with E-state index in [1.807, 2.05) is 54.6 Å². The highest BCUT2D eigenvalue weighted by molar-refractivity contribution is 9.10. The van der Waals surface area contributed by atoms with Crippen LogP contribution in [-0.4, -0.2) is 28.1 Å². The zero-order valence-corrected chi connectivity index (χ0v) is 21.2. The van der Waals surface area contributed by atoms with Gasteiger partial charge in [0.1, 0.15) is 11.0 Å². The number of benzene rings is 3. The first-order valence-electron chi connectivity index (χ1n) is 9.98. The Kier molecular flexibility index (Phi) is 7.64. The zero-order chi connectivity index (χ0) is 23.2. The fourth-order valence-electron chi connectivity index (χ4n) is 3.11. The molecule has 4 aromatic rings. The highest BCUT2D eigenvalue weighted by Crippen LogP contribution is 2.28. The summed E-state index contributed by atoms with van der Waals surface area (Å²) in [5, 5.41) is 15.0. The molecule has 2 N–H and O–H groups in total. The largest absolute Gasteiger partial charge is 0.340 e. The maximum absolute atomic E-state index is 13.1. The van der Waals surface area contributed by atoms with E-state index in [0.717, 1.165) is 20.1 Å². The standard InChI is InChI=1S/C24H18Br2N4O2S/c25-18-11-9-16(10-12-18)21(31)27-20(13-15-5-2-1-3-6-15)22(32)28-24-30-29-23(33-24)17-7-4-8-19(26)14-17/h1-12,14,20H,13H2,(H,27,31)(H,28,30,32). The van der Waals surface area contributed by atoms with Crippen LogP contribution in [0.25, 0.3) is 10.6 Å².